The first kappa shape index (κ1) is 74.9. The molecule has 0 amide bonds. The van der Waals surface area contributed by atoms with Crippen LogP contribution in [-0.4, -0.2) is 75.5 Å². The minimum atomic E-state index is -0.463. The van der Waals surface area contributed by atoms with Crippen LogP contribution in [0, 0.1) is 24.2 Å². The molecule has 0 bridgehead atoms. The zero-order valence-electron chi connectivity index (χ0n) is 54.4. The Labute approximate surface area is 561 Å². The fourth-order valence-corrected chi connectivity index (χ4v) is 9.62. The molecule has 0 atom stereocenters. The molecule has 93 heavy (non-hydrogen) atoms. The van der Waals surface area contributed by atoms with Crippen molar-refractivity contribution in [1.82, 2.24) is 0 Å². The van der Waals surface area contributed by atoms with E-state index in [1.54, 1.807) is 103 Å². The molecule has 0 N–H and O–H groups in total. The van der Waals surface area contributed by atoms with Crippen LogP contribution in [0.5, 0.6) is 0 Å². The second-order valence-electron chi connectivity index (χ2n) is 23.1. The zero-order valence-corrected chi connectivity index (χ0v) is 55.9. The van der Waals surface area contributed by atoms with Gasteiger partial charge in [-0.25, -0.2) is 28.8 Å². The van der Waals surface area contributed by atoms with Crippen LogP contribution in [0.2, 0.25) is 10.0 Å². The lowest BCUT2D eigenvalue weighted by Gasteiger charge is -2.27. The van der Waals surface area contributed by atoms with Crippen molar-refractivity contribution in [2.75, 3.05) is 39.6 Å². The summed E-state index contributed by atoms with van der Waals surface area (Å²) in [6.07, 6.45) is 10.0. The Bertz CT molecular complexity index is 3310. The van der Waals surface area contributed by atoms with E-state index in [0.29, 0.717) is 87.8 Å². The molecular formula is C79H90Cl2O12. The number of benzene rings is 8. The van der Waals surface area contributed by atoms with Crippen LogP contribution in [0.4, 0.5) is 0 Å². The number of carbonyl (C=O) groups excluding carboxylic acids is 6. The lowest BCUT2D eigenvalue weighted by atomic mass is 9.83. The quantitative estimate of drug-likeness (QED) is 0.0340. The Balaban J connectivity index is 0.000000264. The van der Waals surface area contributed by atoms with Gasteiger partial charge in [-0.15, -0.1) is 0 Å². The summed E-state index contributed by atoms with van der Waals surface area (Å²) in [4.78, 5) is 72.7. The van der Waals surface area contributed by atoms with Gasteiger partial charge >= 0.3 is 35.8 Å². The largest absolute Gasteiger partial charge is 0.462 e. The van der Waals surface area contributed by atoms with Gasteiger partial charge in [0.25, 0.3) is 0 Å². The molecule has 1 aliphatic rings. The molecule has 0 aliphatic heterocycles. The van der Waals surface area contributed by atoms with Gasteiger partial charge < -0.3 is 28.4 Å². The van der Waals surface area contributed by atoms with Crippen molar-refractivity contribution in [3.8, 4) is 11.1 Å². The number of hydrogen-bond acceptors (Lipinski definition) is 12. The van der Waals surface area contributed by atoms with Crippen molar-refractivity contribution in [1.29, 1.82) is 0 Å². The predicted molar refractivity (Wildman–Crippen MR) is 372 cm³/mol. The maximum absolute atomic E-state index is 12.5. The van der Waals surface area contributed by atoms with Crippen molar-refractivity contribution >= 4 is 59.0 Å². The van der Waals surface area contributed by atoms with Crippen molar-refractivity contribution in [2.24, 2.45) is 17.3 Å². The summed E-state index contributed by atoms with van der Waals surface area (Å²) in [5, 5.41) is 1.41. The van der Waals surface area contributed by atoms with Gasteiger partial charge in [0, 0.05) is 16.9 Å². The molecule has 12 nitrogen and oxygen atoms in total. The maximum atomic E-state index is 12.5. The molecule has 492 valence electrons. The molecule has 1 aliphatic carbocycles. The summed E-state index contributed by atoms with van der Waals surface area (Å²) in [6.45, 7) is 14.0. The lowest BCUT2D eigenvalue weighted by Crippen LogP contribution is -2.28. The number of unbranched alkanes of at least 4 members (excludes halogenated alkanes) is 2. The van der Waals surface area contributed by atoms with Crippen LogP contribution in [0.3, 0.4) is 0 Å². The van der Waals surface area contributed by atoms with Gasteiger partial charge in [0.05, 0.1) is 73.0 Å². The van der Waals surface area contributed by atoms with Crippen LogP contribution in [-0.2, 0) is 34.8 Å². The molecule has 1 fully saturated rings. The molecule has 8 aromatic rings. The van der Waals surface area contributed by atoms with Gasteiger partial charge in [0.1, 0.15) is 0 Å². The molecule has 0 aromatic heterocycles. The van der Waals surface area contributed by atoms with Crippen LogP contribution >= 0.6 is 23.2 Å². The minimum Gasteiger partial charge on any atom is -0.462 e. The van der Waals surface area contributed by atoms with Gasteiger partial charge in [-0.2, -0.15) is 0 Å². The average Bonchev–Trinajstić information content (AvgIpc) is 1.27. The molecule has 0 radical (unpaired) electrons. The molecule has 1 saturated carbocycles. The number of halogens is 2. The highest BCUT2D eigenvalue weighted by molar-refractivity contribution is 6.35. The highest BCUT2D eigenvalue weighted by Gasteiger charge is 2.26. The molecular weight excluding hydrogens is 1210 g/mol. The maximum Gasteiger partial charge on any atom is 0.338 e. The van der Waals surface area contributed by atoms with Crippen molar-refractivity contribution in [3.63, 3.8) is 0 Å². The van der Waals surface area contributed by atoms with Gasteiger partial charge in [-0.3, -0.25) is 0 Å². The van der Waals surface area contributed by atoms with Crippen molar-refractivity contribution in [2.45, 2.75) is 106 Å². The van der Waals surface area contributed by atoms with Crippen molar-refractivity contribution < 1.29 is 58.6 Å². The van der Waals surface area contributed by atoms with E-state index in [1.807, 2.05) is 120 Å². The van der Waals surface area contributed by atoms with Gasteiger partial charge in [0.15, 0.2) is 0 Å². The summed E-state index contributed by atoms with van der Waals surface area (Å²) in [5.74, 6) is -1.24. The Morgan fingerprint density at radius 2 is 0.742 bits per heavy atom. The van der Waals surface area contributed by atoms with Crippen LogP contribution < -0.4 is 0 Å². The lowest BCUT2D eigenvalue weighted by molar-refractivity contribution is 0.00607. The standard InChI is InChI=1S/C22H24O4.C22H26O4.C19H20O4.C9H12.C7H6Cl2.H2/c23-21(19-7-3-1-4-8-19)25-15-17-11-13-18(14-12-17)16-26-22(24)20-9-5-2-6-10-20;1-3-5-15-25-21(23)19-13-9-7-11-17(19)18-12-8-10-14-20(18)22(24)26-16-6-4-2;1-19(2,13-22-17(20)15-9-5-3-6-10-15)14-23-18(21)16-11-7-4-8-12-16;1-2-6-9-7-4-3-5-8-9;1-5-2-3-6(8)4-7(5)9;/h1-10,17-18H,11-16H2;7-14H,3-6,15-16H2,1-2H3;3-12H,13-14H2,1-2H3;3-5,7-8H,2,6H2,1H3;2-4H,1H3;1H. The first-order chi connectivity index (χ1) is 45.0. The normalized spacial score (nSPS) is 12.9. The highest BCUT2D eigenvalue weighted by atomic mass is 35.5. The van der Waals surface area contributed by atoms with Gasteiger partial charge in [-0.05, 0) is 159 Å². The summed E-state index contributed by atoms with van der Waals surface area (Å²) < 4.78 is 32.2. The smallest absolute Gasteiger partial charge is 0.338 e. The summed E-state index contributed by atoms with van der Waals surface area (Å²) >= 11 is 11.4. The molecule has 8 aromatic carbocycles. The van der Waals surface area contributed by atoms with E-state index >= 15 is 0 Å². The van der Waals surface area contributed by atoms with Gasteiger partial charge in [0.2, 0.25) is 0 Å². The number of esters is 6. The number of carbonyl (C=O) groups is 6. The van der Waals surface area contributed by atoms with Crippen LogP contribution in [0.15, 0.2) is 218 Å². The summed E-state index contributed by atoms with van der Waals surface area (Å²) in [6, 6.07) is 66.1. The van der Waals surface area contributed by atoms with Crippen LogP contribution in [0.1, 0.15) is 167 Å². The second-order valence-corrected chi connectivity index (χ2v) is 23.9. The molecule has 0 heterocycles. The molecule has 9 rings (SSSR count). The monoisotopic (exact) mass is 1300 g/mol. The van der Waals surface area contributed by atoms with E-state index in [0.717, 1.165) is 62.0 Å². The topological polar surface area (TPSA) is 158 Å². The fraction of sp³-hybridized carbons (Fsp3) is 0.316. The molecule has 14 heteroatoms. The number of aryl methyl sites for hydroxylation is 2. The van der Waals surface area contributed by atoms with Crippen molar-refractivity contribution in [3.05, 3.63) is 273 Å². The third-order valence-electron chi connectivity index (χ3n) is 14.7. The third-order valence-corrected chi connectivity index (χ3v) is 15.3. The predicted octanol–water partition coefficient (Wildman–Crippen LogP) is 19.7. The minimum absolute atomic E-state index is 0. The Morgan fingerprint density at radius 1 is 0.409 bits per heavy atom. The Hall–Kier alpha value is -8.84. The highest BCUT2D eigenvalue weighted by Crippen LogP contribution is 2.31. The fourth-order valence-electron chi connectivity index (χ4n) is 9.21. The summed E-state index contributed by atoms with van der Waals surface area (Å²) in [7, 11) is 0. The van der Waals surface area contributed by atoms with Gasteiger partial charge in [-0.1, -0.05) is 223 Å². The average molecular weight is 1300 g/mol. The Kier molecular flexibility index (Phi) is 34.1. The molecule has 0 spiro atoms. The van der Waals surface area contributed by atoms with E-state index in [1.165, 1.54) is 18.4 Å². The Morgan fingerprint density at radius 3 is 1.08 bits per heavy atom. The van der Waals surface area contributed by atoms with E-state index in [2.05, 4.69) is 37.3 Å². The van der Waals surface area contributed by atoms with Crippen LogP contribution in [0.25, 0.3) is 11.1 Å². The molecule has 0 unspecified atom stereocenters. The first-order valence-corrected chi connectivity index (χ1v) is 32.6. The van der Waals surface area contributed by atoms with E-state index in [-0.39, 0.29) is 50.5 Å². The number of rotatable bonds is 23. The summed E-state index contributed by atoms with van der Waals surface area (Å²) in [5.41, 5.74) is 6.50. The second kappa shape index (κ2) is 42.3. The number of hydrogen-bond donors (Lipinski definition) is 0. The SMILES string of the molecule is CC(C)(COC(=O)c1ccccc1)COC(=O)c1ccccc1.CCCCOC(=O)c1ccccc1-c1ccccc1C(=O)OCCCC.CCCc1ccccc1.Cc1ccc(Cl)cc1Cl.O=C(OCC1CCC(COC(=O)c2ccccc2)CC1)c1ccccc1.[HH]. The number of ether oxygens (including phenoxy) is 6. The van der Waals surface area contributed by atoms with E-state index in [9.17, 15) is 28.8 Å². The van der Waals surface area contributed by atoms with E-state index in [4.69, 9.17) is 51.6 Å². The first-order valence-electron chi connectivity index (χ1n) is 31.9. The zero-order chi connectivity index (χ0) is 67.1. The van der Waals surface area contributed by atoms with E-state index < -0.39 is 5.41 Å². The molecule has 0 saturated heterocycles. The third kappa shape index (κ3) is 28.3.